The zero-order valence-corrected chi connectivity index (χ0v) is 13.7. The number of nitrogens with one attached hydrogen (secondary N) is 2. The predicted molar refractivity (Wildman–Crippen MR) is 98.7 cm³/mol. The van der Waals surface area contributed by atoms with Gasteiger partial charge < -0.3 is 20.5 Å². The Hall–Kier alpha value is -3.80. The van der Waals surface area contributed by atoms with Crippen molar-refractivity contribution in [2.24, 2.45) is 0 Å². The summed E-state index contributed by atoms with van der Waals surface area (Å²) in [5.41, 5.74) is 0.719. The summed E-state index contributed by atoms with van der Waals surface area (Å²) in [5, 5.41) is 15.2. The van der Waals surface area contributed by atoms with E-state index in [0.717, 1.165) is 0 Å². The second-order valence-electron chi connectivity index (χ2n) is 5.36. The molecule has 0 heterocycles. The van der Waals surface area contributed by atoms with Gasteiger partial charge in [-0.15, -0.1) is 0 Å². The number of carbonyl (C=O) groups excluding carboxylic acids is 2. The minimum absolute atomic E-state index is 0.0474. The second-order valence-corrected chi connectivity index (χ2v) is 5.36. The fourth-order valence-electron chi connectivity index (χ4n) is 2.37. The number of carbonyl (C=O) groups is 2. The van der Waals surface area contributed by atoms with Crippen LogP contribution in [-0.2, 0) is 4.79 Å². The number of aromatic hydroxyl groups is 1. The third-order valence-electron chi connectivity index (χ3n) is 3.57. The van der Waals surface area contributed by atoms with Crippen molar-refractivity contribution in [3.63, 3.8) is 0 Å². The van der Waals surface area contributed by atoms with Crippen LogP contribution in [0.3, 0.4) is 0 Å². The fraction of sp³-hybridized carbons (Fsp3) is 0. The molecule has 0 radical (unpaired) electrons. The molecule has 3 aromatic carbocycles. The molecule has 6 heteroatoms. The van der Waals surface area contributed by atoms with E-state index in [0.29, 0.717) is 23.6 Å². The number of ether oxygens (including phenoxy) is 1. The van der Waals surface area contributed by atoms with Crippen molar-refractivity contribution in [3.8, 4) is 17.2 Å². The molecule has 130 valence electrons. The highest BCUT2D eigenvalue weighted by molar-refractivity contribution is 6.07. The van der Waals surface area contributed by atoms with Gasteiger partial charge in [0.2, 0.25) is 6.41 Å². The molecule has 0 bridgehead atoms. The van der Waals surface area contributed by atoms with E-state index in [2.05, 4.69) is 10.6 Å². The lowest BCUT2D eigenvalue weighted by molar-refractivity contribution is -0.105. The molecular weight excluding hydrogens is 332 g/mol. The van der Waals surface area contributed by atoms with E-state index in [1.165, 1.54) is 12.1 Å². The van der Waals surface area contributed by atoms with Gasteiger partial charge in [-0.25, -0.2) is 0 Å². The van der Waals surface area contributed by atoms with Gasteiger partial charge in [0.25, 0.3) is 5.91 Å². The van der Waals surface area contributed by atoms with Crippen molar-refractivity contribution in [2.45, 2.75) is 0 Å². The normalized spacial score (nSPS) is 10.0. The number of benzene rings is 3. The highest BCUT2D eigenvalue weighted by Gasteiger charge is 2.14. The Kier molecular flexibility index (Phi) is 5.14. The Morgan fingerprint density at radius 2 is 1.65 bits per heavy atom. The monoisotopic (exact) mass is 348 g/mol. The lowest BCUT2D eigenvalue weighted by Crippen LogP contribution is -2.12. The molecule has 0 saturated heterocycles. The summed E-state index contributed by atoms with van der Waals surface area (Å²) in [6.45, 7) is 0. The van der Waals surface area contributed by atoms with E-state index in [9.17, 15) is 14.7 Å². The molecule has 3 aromatic rings. The van der Waals surface area contributed by atoms with Gasteiger partial charge in [0, 0.05) is 11.8 Å². The minimum Gasteiger partial charge on any atom is -0.505 e. The molecule has 0 spiro atoms. The van der Waals surface area contributed by atoms with Crippen LogP contribution in [0.2, 0.25) is 0 Å². The largest absolute Gasteiger partial charge is 0.505 e. The molecule has 26 heavy (non-hydrogen) atoms. The number of amides is 2. The highest BCUT2D eigenvalue weighted by Crippen LogP contribution is 2.28. The van der Waals surface area contributed by atoms with E-state index < -0.39 is 5.91 Å². The molecule has 2 amide bonds. The average molecular weight is 348 g/mol. The summed E-state index contributed by atoms with van der Waals surface area (Å²) in [6, 6.07) is 20.7. The number of anilines is 2. The lowest BCUT2D eigenvalue weighted by atomic mass is 10.1. The van der Waals surface area contributed by atoms with E-state index >= 15 is 0 Å². The van der Waals surface area contributed by atoms with Gasteiger partial charge in [-0.1, -0.05) is 30.3 Å². The SMILES string of the molecule is O=CNc1cccc(C(=O)Nc2cccc(Oc3ccccc3)c2)c1O. The van der Waals surface area contributed by atoms with Crippen molar-refractivity contribution in [2.75, 3.05) is 10.6 Å². The maximum absolute atomic E-state index is 12.4. The molecule has 3 rings (SSSR count). The maximum atomic E-state index is 12.4. The number of hydrogen-bond acceptors (Lipinski definition) is 4. The van der Waals surface area contributed by atoms with E-state index in [1.807, 2.05) is 30.3 Å². The van der Waals surface area contributed by atoms with Gasteiger partial charge in [-0.05, 0) is 36.4 Å². The van der Waals surface area contributed by atoms with Crippen molar-refractivity contribution < 1.29 is 19.4 Å². The molecule has 0 atom stereocenters. The van der Waals surface area contributed by atoms with Crippen LogP contribution in [0.15, 0.2) is 72.8 Å². The topological polar surface area (TPSA) is 87.7 Å². The number of para-hydroxylation sites is 2. The van der Waals surface area contributed by atoms with Crippen molar-refractivity contribution >= 4 is 23.7 Å². The summed E-state index contributed by atoms with van der Waals surface area (Å²) in [4.78, 5) is 23.0. The number of phenolic OH excluding ortho intramolecular Hbond substituents is 1. The summed E-state index contributed by atoms with van der Waals surface area (Å²) < 4.78 is 5.73. The van der Waals surface area contributed by atoms with Crippen molar-refractivity contribution in [3.05, 3.63) is 78.4 Å². The Morgan fingerprint density at radius 3 is 2.42 bits per heavy atom. The zero-order valence-electron chi connectivity index (χ0n) is 13.7. The van der Waals surface area contributed by atoms with Crippen molar-refractivity contribution in [1.82, 2.24) is 0 Å². The summed E-state index contributed by atoms with van der Waals surface area (Å²) in [5.74, 6) is 0.443. The van der Waals surface area contributed by atoms with E-state index in [-0.39, 0.29) is 17.0 Å². The van der Waals surface area contributed by atoms with Gasteiger partial charge >= 0.3 is 0 Å². The van der Waals surface area contributed by atoms with Crippen molar-refractivity contribution in [1.29, 1.82) is 0 Å². The first-order valence-corrected chi connectivity index (χ1v) is 7.84. The molecule has 0 fully saturated rings. The standard InChI is InChI=1S/C20H16N2O4/c23-13-21-18-11-5-10-17(19(18)24)20(25)22-14-6-4-9-16(12-14)26-15-7-2-1-3-8-15/h1-13,24H,(H,21,23)(H,22,25). The number of phenols is 1. The molecular formula is C20H16N2O4. The summed E-state index contributed by atoms with van der Waals surface area (Å²) in [6.07, 6.45) is 0.432. The number of rotatable bonds is 6. The van der Waals surface area contributed by atoms with Gasteiger partial charge in [-0.3, -0.25) is 9.59 Å². The molecule has 0 unspecified atom stereocenters. The molecule has 0 aromatic heterocycles. The van der Waals surface area contributed by atoms with Gasteiger partial charge in [-0.2, -0.15) is 0 Å². The lowest BCUT2D eigenvalue weighted by Gasteiger charge is -2.11. The fourth-order valence-corrected chi connectivity index (χ4v) is 2.37. The second kappa shape index (κ2) is 7.85. The van der Waals surface area contributed by atoms with E-state index in [1.54, 1.807) is 30.3 Å². The van der Waals surface area contributed by atoms with Crippen LogP contribution in [0.5, 0.6) is 17.2 Å². The van der Waals surface area contributed by atoms with Crippen LogP contribution in [0.1, 0.15) is 10.4 Å². The smallest absolute Gasteiger partial charge is 0.259 e. The molecule has 3 N–H and O–H groups in total. The van der Waals surface area contributed by atoms with Crippen LogP contribution in [0, 0.1) is 0 Å². The average Bonchev–Trinajstić information content (AvgIpc) is 2.65. The zero-order chi connectivity index (χ0) is 18.4. The third-order valence-corrected chi connectivity index (χ3v) is 3.57. The highest BCUT2D eigenvalue weighted by atomic mass is 16.5. The first-order chi connectivity index (χ1) is 12.7. The number of hydrogen-bond donors (Lipinski definition) is 3. The van der Waals surface area contributed by atoms with Gasteiger partial charge in [0.15, 0.2) is 5.75 Å². The predicted octanol–water partition coefficient (Wildman–Crippen LogP) is 4.01. The Balaban J connectivity index is 1.77. The maximum Gasteiger partial charge on any atom is 0.259 e. The summed E-state index contributed by atoms with van der Waals surface area (Å²) >= 11 is 0. The minimum atomic E-state index is -0.506. The van der Waals surface area contributed by atoms with Crippen LogP contribution < -0.4 is 15.4 Å². The van der Waals surface area contributed by atoms with Crippen LogP contribution in [0.25, 0.3) is 0 Å². The van der Waals surface area contributed by atoms with Gasteiger partial charge in [0.05, 0.1) is 11.3 Å². The first kappa shape index (κ1) is 17.0. The Bertz CT molecular complexity index is 926. The van der Waals surface area contributed by atoms with Crippen LogP contribution in [-0.4, -0.2) is 17.4 Å². The van der Waals surface area contributed by atoms with Gasteiger partial charge in [0.1, 0.15) is 11.5 Å². The summed E-state index contributed by atoms with van der Waals surface area (Å²) in [7, 11) is 0. The molecule has 0 aliphatic heterocycles. The third kappa shape index (κ3) is 3.99. The first-order valence-electron chi connectivity index (χ1n) is 7.84. The molecule has 6 nitrogen and oxygen atoms in total. The molecule has 0 saturated carbocycles. The van der Waals surface area contributed by atoms with Crippen LogP contribution >= 0.6 is 0 Å². The van der Waals surface area contributed by atoms with Crippen LogP contribution in [0.4, 0.5) is 11.4 Å². The molecule has 0 aliphatic rings. The quantitative estimate of drug-likeness (QED) is 0.464. The Morgan fingerprint density at radius 1 is 0.923 bits per heavy atom. The van der Waals surface area contributed by atoms with E-state index in [4.69, 9.17) is 4.74 Å². The Labute approximate surface area is 150 Å². The molecule has 0 aliphatic carbocycles.